The van der Waals surface area contributed by atoms with Gasteiger partial charge in [0.15, 0.2) is 5.78 Å². The van der Waals surface area contributed by atoms with E-state index < -0.39 is 24.3 Å². The quantitative estimate of drug-likeness (QED) is 0.731. The monoisotopic (exact) mass is 292 g/mol. The molecule has 21 heavy (non-hydrogen) atoms. The molecule has 2 rings (SSSR count). The number of halogens is 3. The van der Waals surface area contributed by atoms with E-state index in [1.165, 1.54) is 24.3 Å². The highest BCUT2D eigenvalue weighted by molar-refractivity contribution is 5.96. The molecule has 1 unspecified atom stereocenters. The van der Waals surface area contributed by atoms with Crippen LogP contribution in [0.3, 0.4) is 0 Å². The predicted molar refractivity (Wildman–Crippen MR) is 75.4 cm³/mol. The average Bonchev–Trinajstić information content (AvgIpc) is 2.45. The zero-order valence-electron chi connectivity index (χ0n) is 11.5. The molecule has 0 spiro atoms. The highest BCUT2D eigenvalue weighted by atomic mass is 19.4. The molecule has 0 aliphatic rings. The van der Waals surface area contributed by atoms with Crippen LogP contribution in [0, 0.1) is 6.92 Å². The molecular weight excluding hydrogens is 277 g/mol. The van der Waals surface area contributed by atoms with E-state index in [0.29, 0.717) is 5.56 Å². The van der Waals surface area contributed by atoms with Crippen LogP contribution in [-0.2, 0) is 0 Å². The Morgan fingerprint density at radius 2 is 1.57 bits per heavy atom. The highest BCUT2D eigenvalue weighted by Crippen LogP contribution is 2.38. The second-order valence-corrected chi connectivity index (χ2v) is 5.00. The van der Waals surface area contributed by atoms with Crippen molar-refractivity contribution >= 4 is 5.78 Å². The molecule has 0 bridgehead atoms. The summed E-state index contributed by atoms with van der Waals surface area (Å²) in [6.07, 6.45) is -5.02. The van der Waals surface area contributed by atoms with Crippen molar-refractivity contribution in [3.05, 3.63) is 71.3 Å². The van der Waals surface area contributed by atoms with Crippen molar-refractivity contribution in [3.63, 3.8) is 0 Å². The van der Waals surface area contributed by atoms with Crippen molar-refractivity contribution in [1.29, 1.82) is 0 Å². The molecule has 0 fully saturated rings. The summed E-state index contributed by atoms with van der Waals surface area (Å²) in [5.74, 6) is -2.27. The van der Waals surface area contributed by atoms with Gasteiger partial charge in [-0.2, -0.15) is 13.2 Å². The zero-order valence-corrected chi connectivity index (χ0v) is 11.5. The number of alkyl halides is 3. The summed E-state index contributed by atoms with van der Waals surface area (Å²) in [5, 5.41) is 0. The van der Waals surface area contributed by atoms with E-state index in [1.54, 1.807) is 30.3 Å². The average molecular weight is 292 g/mol. The van der Waals surface area contributed by atoms with Gasteiger partial charge < -0.3 is 0 Å². The van der Waals surface area contributed by atoms with Gasteiger partial charge in [0.1, 0.15) is 0 Å². The molecule has 2 aromatic carbocycles. The van der Waals surface area contributed by atoms with Gasteiger partial charge in [-0.1, -0.05) is 60.2 Å². The molecule has 0 heterocycles. The fraction of sp³-hybridized carbons (Fsp3) is 0.235. The standard InChI is InChI=1S/C17H15F3O/c1-12-7-9-13(10-8-12)15(17(18,19)20)11-16(21)14-5-3-2-4-6-14/h2-10,15H,11H2,1H3. The van der Waals surface area contributed by atoms with Crippen LogP contribution in [-0.4, -0.2) is 12.0 Å². The maximum Gasteiger partial charge on any atom is 0.396 e. The molecule has 0 N–H and O–H groups in total. The first-order valence-corrected chi connectivity index (χ1v) is 6.59. The summed E-state index contributed by atoms with van der Waals surface area (Å²) in [7, 11) is 0. The number of carbonyl (C=O) groups excluding carboxylic acids is 1. The third kappa shape index (κ3) is 3.94. The summed E-state index contributed by atoms with van der Waals surface area (Å²) in [6, 6.07) is 14.2. The Labute approximate surface area is 121 Å². The number of Topliss-reactive ketones (excluding diaryl/α,β-unsaturated/α-hetero) is 1. The SMILES string of the molecule is Cc1ccc(C(CC(=O)c2ccccc2)C(F)(F)F)cc1. The molecule has 0 amide bonds. The number of ketones is 1. The lowest BCUT2D eigenvalue weighted by Crippen LogP contribution is -2.23. The van der Waals surface area contributed by atoms with Crippen LogP contribution in [0.4, 0.5) is 13.2 Å². The molecule has 0 saturated heterocycles. The molecule has 0 aromatic heterocycles. The summed E-state index contributed by atoms with van der Waals surface area (Å²) in [5.41, 5.74) is 1.31. The molecule has 1 atom stereocenters. The summed E-state index contributed by atoms with van der Waals surface area (Å²) in [6.45, 7) is 1.81. The third-order valence-corrected chi connectivity index (χ3v) is 3.36. The maximum absolute atomic E-state index is 13.2. The molecule has 0 aliphatic carbocycles. The van der Waals surface area contributed by atoms with E-state index in [4.69, 9.17) is 0 Å². The smallest absolute Gasteiger partial charge is 0.294 e. The number of carbonyl (C=O) groups is 1. The molecule has 0 saturated carbocycles. The van der Waals surface area contributed by atoms with E-state index in [2.05, 4.69) is 0 Å². The molecule has 2 aromatic rings. The molecule has 0 radical (unpaired) electrons. The van der Waals surface area contributed by atoms with Crippen LogP contribution in [0.5, 0.6) is 0 Å². The van der Waals surface area contributed by atoms with Crippen molar-refractivity contribution in [2.75, 3.05) is 0 Å². The third-order valence-electron chi connectivity index (χ3n) is 3.36. The topological polar surface area (TPSA) is 17.1 Å². The molecule has 4 heteroatoms. The van der Waals surface area contributed by atoms with Crippen LogP contribution in [0.1, 0.15) is 33.8 Å². The van der Waals surface area contributed by atoms with E-state index >= 15 is 0 Å². The first-order chi connectivity index (χ1) is 9.88. The van der Waals surface area contributed by atoms with E-state index in [-0.39, 0.29) is 5.56 Å². The summed E-state index contributed by atoms with van der Waals surface area (Å²) >= 11 is 0. The first kappa shape index (κ1) is 15.3. The van der Waals surface area contributed by atoms with Gasteiger partial charge in [-0.15, -0.1) is 0 Å². The van der Waals surface area contributed by atoms with Crippen LogP contribution >= 0.6 is 0 Å². The number of aryl methyl sites for hydroxylation is 1. The second kappa shape index (κ2) is 6.12. The fourth-order valence-electron chi connectivity index (χ4n) is 2.15. The molecular formula is C17H15F3O. The van der Waals surface area contributed by atoms with Crippen molar-refractivity contribution in [2.45, 2.75) is 25.4 Å². The van der Waals surface area contributed by atoms with Gasteiger partial charge in [0.2, 0.25) is 0 Å². The van der Waals surface area contributed by atoms with Gasteiger partial charge in [0.05, 0.1) is 5.92 Å². The lowest BCUT2D eigenvalue weighted by Gasteiger charge is -2.20. The maximum atomic E-state index is 13.2. The van der Waals surface area contributed by atoms with Gasteiger partial charge >= 0.3 is 6.18 Å². The van der Waals surface area contributed by atoms with Gasteiger partial charge in [-0.3, -0.25) is 4.79 Å². The van der Waals surface area contributed by atoms with E-state index in [9.17, 15) is 18.0 Å². The van der Waals surface area contributed by atoms with Crippen LogP contribution in [0.15, 0.2) is 54.6 Å². The van der Waals surface area contributed by atoms with Crippen molar-refractivity contribution < 1.29 is 18.0 Å². The summed E-state index contributed by atoms with van der Waals surface area (Å²) < 4.78 is 39.7. The van der Waals surface area contributed by atoms with Gasteiger partial charge in [0.25, 0.3) is 0 Å². The van der Waals surface area contributed by atoms with Crippen molar-refractivity contribution in [3.8, 4) is 0 Å². The lowest BCUT2D eigenvalue weighted by atomic mass is 9.90. The van der Waals surface area contributed by atoms with Gasteiger partial charge in [-0.05, 0) is 12.5 Å². The lowest BCUT2D eigenvalue weighted by molar-refractivity contribution is -0.149. The van der Waals surface area contributed by atoms with Crippen molar-refractivity contribution in [2.24, 2.45) is 0 Å². The van der Waals surface area contributed by atoms with Crippen LogP contribution < -0.4 is 0 Å². The van der Waals surface area contributed by atoms with Crippen LogP contribution in [0.25, 0.3) is 0 Å². The number of benzene rings is 2. The Balaban J connectivity index is 2.26. The molecule has 110 valence electrons. The Kier molecular flexibility index (Phi) is 4.46. The second-order valence-electron chi connectivity index (χ2n) is 5.00. The minimum Gasteiger partial charge on any atom is -0.294 e. The Morgan fingerprint density at radius 1 is 1.00 bits per heavy atom. The highest BCUT2D eigenvalue weighted by Gasteiger charge is 2.41. The Bertz CT molecular complexity index is 600. The van der Waals surface area contributed by atoms with Crippen LogP contribution in [0.2, 0.25) is 0 Å². The predicted octanol–water partition coefficient (Wildman–Crippen LogP) is 4.91. The minimum atomic E-state index is -4.44. The fourth-order valence-corrected chi connectivity index (χ4v) is 2.15. The summed E-state index contributed by atoms with van der Waals surface area (Å²) in [4.78, 5) is 12.0. The number of hydrogen-bond donors (Lipinski definition) is 0. The molecule has 0 aliphatic heterocycles. The van der Waals surface area contributed by atoms with Gasteiger partial charge in [-0.25, -0.2) is 0 Å². The number of hydrogen-bond acceptors (Lipinski definition) is 1. The zero-order chi connectivity index (χ0) is 15.5. The van der Waals surface area contributed by atoms with Gasteiger partial charge in [0, 0.05) is 12.0 Å². The first-order valence-electron chi connectivity index (χ1n) is 6.59. The largest absolute Gasteiger partial charge is 0.396 e. The van der Waals surface area contributed by atoms with E-state index in [1.807, 2.05) is 6.92 Å². The Hall–Kier alpha value is -2.10. The Morgan fingerprint density at radius 3 is 2.10 bits per heavy atom. The minimum absolute atomic E-state index is 0.123. The molecule has 1 nitrogen and oxygen atoms in total. The number of rotatable bonds is 4. The van der Waals surface area contributed by atoms with E-state index in [0.717, 1.165) is 5.56 Å². The normalized spacial score (nSPS) is 13.0. The van der Waals surface area contributed by atoms with Crippen molar-refractivity contribution in [1.82, 2.24) is 0 Å².